The summed E-state index contributed by atoms with van der Waals surface area (Å²) < 4.78 is 37.5. The number of methoxy groups -OCH3 is 2. The second-order valence-corrected chi connectivity index (χ2v) is 5.19. The van der Waals surface area contributed by atoms with Crippen molar-refractivity contribution in [2.75, 3.05) is 20.8 Å². The molecule has 0 fully saturated rings. The molecule has 0 radical (unpaired) electrons. The molecular formula is C14H20F2O3. The zero-order valence-electron chi connectivity index (χ0n) is 11.9. The van der Waals surface area contributed by atoms with Gasteiger partial charge in [0.2, 0.25) is 0 Å². The second kappa shape index (κ2) is 5.33. The van der Waals surface area contributed by atoms with Crippen LogP contribution in [0.1, 0.15) is 31.9 Å². The van der Waals surface area contributed by atoms with E-state index in [4.69, 9.17) is 9.47 Å². The Bertz CT molecular complexity index is 451. The van der Waals surface area contributed by atoms with Crippen molar-refractivity contribution in [3.8, 4) is 11.5 Å². The molecule has 0 amide bonds. The molecule has 3 nitrogen and oxygen atoms in total. The minimum absolute atomic E-state index is 0.0208. The molecule has 108 valence electrons. The van der Waals surface area contributed by atoms with Crippen LogP contribution in [0.25, 0.3) is 0 Å². The summed E-state index contributed by atoms with van der Waals surface area (Å²) in [5.74, 6) is -2.80. The number of halogens is 2. The van der Waals surface area contributed by atoms with E-state index >= 15 is 0 Å². The van der Waals surface area contributed by atoms with E-state index in [-0.39, 0.29) is 23.7 Å². The molecule has 0 aliphatic carbocycles. The Balaban J connectivity index is 3.56. The van der Waals surface area contributed by atoms with Gasteiger partial charge in [-0.05, 0) is 17.7 Å². The molecule has 0 saturated heterocycles. The second-order valence-electron chi connectivity index (χ2n) is 5.19. The van der Waals surface area contributed by atoms with Crippen molar-refractivity contribution in [3.05, 3.63) is 23.3 Å². The van der Waals surface area contributed by atoms with Gasteiger partial charge in [0.1, 0.15) is 0 Å². The van der Waals surface area contributed by atoms with Gasteiger partial charge in [0.15, 0.2) is 11.5 Å². The molecular weight excluding hydrogens is 254 g/mol. The highest BCUT2D eigenvalue weighted by Crippen LogP contribution is 2.43. The van der Waals surface area contributed by atoms with Crippen molar-refractivity contribution < 1.29 is 23.4 Å². The van der Waals surface area contributed by atoms with Gasteiger partial charge in [-0.2, -0.15) is 0 Å². The van der Waals surface area contributed by atoms with Crippen LogP contribution in [0.5, 0.6) is 11.5 Å². The number of alkyl halides is 2. The Morgan fingerprint density at radius 2 is 1.68 bits per heavy atom. The van der Waals surface area contributed by atoms with Crippen LogP contribution >= 0.6 is 0 Å². The molecule has 1 aromatic rings. The number of ether oxygens (including phenoxy) is 2. The maximum atomic E-state index is 13.7. The molecule has 0 saturated carbocycles. The van der Waals surface area contributed by atoms with E-state index in [1.54, 1.807) is 19.9 Å². The zero-order chi connectivity index (χ0) is 14.8. The van der Waals surface area contributed by atoms with Gasteiger partial charge in [0.05, 0.1) is 26.4 Å². The average molecular weight is 274 g/mol. The first-order valence-corrected chi connectivity index (χ1v) is 5.93. The van der Waals surface area contributed by atoms with Gasteiger partial charge < -0.3 is 14.6 Å². The lowest BCUT2D eigenvalue weighted by atomic mass is 9.84. The number of rotatable bonds is 5. The van der Waals surface area contributed by atoms with Gasteiger partial charge >= 0.3 is 0 Å². The Kier molecular flexibility index (Phi) is 4.40. The van der Waals surface area contributed by atoms with Crippen molar-refractivity contribution in [1.82, 2.24) is 0 Å². The normalized spacial score (nSPS) is 12.4. The summed E-state index contributed by atoms with van der Waals surface area (Å²) in [6.45, 7) is 4.19. The van der Waals surface area contributed by atoms with E-state index in [0.717, 1.165) is 6.92 Å². The Hall–Kier alpha value is -1.36. The number of hydrogen-bond donors (Lipinski definition) is 1. The van der Waals surface area contributed by atoms with E-state index < -0.39 is 11.3 Å². The minimum Gasteiger partial charge on any atom is -0.493 e. The molecule has 0 bridgehead atoms. The monoisotopic (exact) mass is 274 g/mol. The van der Waals surface area contributed by atoms with Crippen molar-refractivity contribution in [1.29, 1.82) is 0 Å². The van der Waals surface area contributed by atoms with Crippen molar-refractivity contribution in [3.63, 3.8) is 0 Å². The van der Waals surface area contributed by atoms with Crippen LogP contribution in [0, 0.1) is 0 Å². The van der Waals surface area contributed by atoms with Gasteiger partial charge in [-0.1, -0.05) is 13.8 Å². The maximum absolute atomic E-state index is 13.7. The summed E-state index contributed by atoms with van der Waals surface area (Å²) in [7, 11) is 2.72. The fraction of sp³-hybridized carbons (Fsp3) is 0.571. The first-order chi connectivity index (χ1) is 8.67. The summed E-state index contributed by atoms with van der Waals surface area (Å²) in [5.41, 5.74) is -0.311. The van der Waals surface area contributed by atoms with Gasteiger partial charge in [0.25, 0.3) is 5.92 Å². The Morgan fingerprint density at radius 3 is 2.05 bits per heavy atom. The summed E-state index contributed by atoms with van der Waals surface area (Å²) >= 11 is 0. The van der Waals surface area contributed by atoms with Crippen molar-refractivity contribution in [2.45, 2.75) is 32.1 Å². The van der Waals surface area contributed by atoms with Gasteiger partial charge in [0, 0.05) is 12.3 Å². The van der Waals surface area contributed by atoms with Crippen molar-refractivity contribution >= 4 is 0 Å². The lowest BCUT2D eigenvalue weighted by Gasteiger charge is -2.26. The largest absolute Gasteiger partial charge is 0.493 e. The molecule has 5 heteroatoms. The smallest absolute Gasteiger partial charge is 0.274 e. The summed E-state index contributed by atoms with van der Waals surface area (Å²) in [6.07, 6.45) is 0. The third-order valence-corrected chi connectivity index (χ3v) is 3.13. The van der Waals surface area contributed by atoms with Crippen molar-refractivity contribution in [2.24, 2.45) is 0 Å². The predicted molar refractivity (Wildman–Crippen MR) is 69.2 cm³/mol. The molecule has 0 aromatic heterocycles. The van der Waals surface area contributed by atoms with E-state index in [2.05, 4.69) is 0 Å². The number of aliphatic hydroxyl groups is 1. The predicted octanol–water partition coefficient (Wildman–Crippen LogP) is 3.09. The van der Waals surface area contributed by atoms with Crippen LogP contribution in [-0.4, -0.2) is 25.9 Å². The summed E-state index contributed by atoms with van der Waals surface area (Å²) in [6, 6.07) is 2.97. The lowest BCUT2D eigenvalue weighted by molar-refractivity contribution is 0.0145. The fourth-order valence-electron chi connectivity index (χ4n) is 1.77. The SMILES string of the molecule is COc1cc(C(C)(C)CO)cc(C(C)(F)F)c1OC. The van der Waals surface area contributed by atoms with Crippen LogP contribution in [0.3, 0.4) is 0 Å². The highest BCUT2D eigenvalue weighted by molar-refractivity contribution is 5.52. The average Bonchev–Trinajstić information content (AvgIpc) is 2.35. The van der Waals surface area contributed by atoms with Crippen LogP contribution in [0.15, 0.2) is 12.1 Å². The molecule has 1 aromatic carbocycles. The molecule has 0 atom stereocenters. The van der Waals surface area contributed by atoms with Crippen LogP contribution in [-0.2, 0) is 11.3 Å². The molecule has 0 spiro atoms. The fourth-order valence-corrected chi connectivity index (χ4v) is 1.77. The molecule has 1 N–H and O–H groups in total. The molecule has 0 aliphatic heterocycles. The molecule has 0 unspecified atom stereocenters. The maximum Gasteiger partial charge on any atom is 0.274 e. The highest BCUT2D eigenvalue weighted by Gasteiger charge is 2.33. The first-order valence-electron chi connectivity index (χ1n) is 5.93. The van der Waals surface area contributed by atoms with Gasteiger partial charge in [-0.15, -0.1) is 0 Å². The van der Waals surface area contributed by atoms with E-state index in [0.29, 0.717) is 5.56 Å². The topological polar surface area (TPSA) is 38.7 Å². The zero-order valence-corrected chi connectivity index (χ0v) is 11.9. The van der Waals surface area contributed by atoms with E-state index in [1.165, 1.54) is 20.3 Å². The van der Waals surface area contributed by atoms with E-state index in [9.17, 15) is 13.9 Å². The third kappa shape index (κ3) is 3.15. The lowest BCUT2D eigenvalue weighted by Crippen LogP contribution is -2.23. The van der Waals surface area contributed by atoms with Crippen LogP contribution < -0.4 is 9.47 Å². The van der Waals surface area contributed by atoms with Crippen LogP contribution in [0.4, 0.5) is 8.78 Å². The minimum atomic E-state index is -3.06. The Morgan fingerprint density at radius 1 is 1.11 bits per heavy atom. The van der Waals surface area contributed by atoms with E-state index in [1.807, 2.05) is 0 Å². The Labute approximate surface area is 112 Å². The number of aliphatic hydroxyl groups excluding tert-OH is 1. The third-order valence-electron chi connectivity index (χ3n) is 3.13. The summed E-state index contributed by atoms with van der Waals surface area (Å²) in [4.78, 5) is 0. The molecule has 19 heavy (non-hydrogen) atoms. The highest BCUT2D eigenvalue weighted by atomic mass is 19.3. The molecule has 0 aliphatic rings. The number of hydrogen-bond acceptors (Lipinski definition) is 3. The summed E-state index contributed by atoms with van der Waals surface area (Å²) in [5, 5.41) is 9.37. The van der Waals surface area contributed by atoms with Gasteiger partial charge in [-0.25, -0.2) is 8.78 Å². The standard InChI is InChI=1S/C14H20F2O3/c1-13(2,8-17)9-6-10(14(3,15)16)12(19-5)11(7-9)18-4/h6-7,17H,8H2,1-5H3. The first kappa shape index (κ1) is 15.7. The quantitative estimate of drug-likeness (QED) is 0.896. The molecule has 0 heterocycles. The number of benzene rings is 1. The van der Waals surface area contributed by atoms with Gasteiger partial charge in [-0.3, -0.25) is 0 Å². The van der Waals surface area contributed by atoms with Crippen LogP contribution in [0.2, 0.25) is 0 Å². The molecule has 1 rings (SSSR count).